The van der Waals surface area contributed by atoms with Gasteiger partial charge >= 0.3 is 0 Å². The molecular weight excluding hydrogens is 203 g/mol. The molecule has 0 saturated carbocycles. The minimum atomic E-state index is -2.74. The molecule has 1 saturated heterocycles. The van der Waals surface area contributed by atoms with Gasteiger partial charge in [0.1, 0.15) is 5.82 Å². The average Bonchev–Trinajstić information content (AvgIpc) is 2.69. The van der Waals surface area contributed by atoms with Crippen LogP contribution in [-0.2, 0) is 0 Å². The lowest BCUT2D eigenvalue weighted by atomic mass is 10.0. The van der Waals surface area contributed by atoms with Crippen molar-refractivity contribution in [3.05, 3.63) is 35.1 Å². The van der Waals surface area contributed by atoms with Crippen LogP contribution in [0.15, 0.2) is 18.2 Å². The van der Waals surface area contributed by atoms with Crippen LogP contribution in [0.2, 0.25) is 0 Å². The normalized spacial score (nSPS) is 21.2. The van der Waals surface area contributed by atoms with Crippen LogP contribution < -0.4 is 5.32 Å². The summed E-state index contributed by atoms with van der Waals surface area (Å²) in [5.74, 6) is -0.809. The number of benzene rings is 1. The summed E-state index contributed by atoms with van der Waals surface area (Å²) < 4.78 is 37.8. The van der Waals surface area contributed by atoms with Gasteiger partial charge in [0.05, 0.1) is 5.56 Å². The van der Waals surface area contributed by atoms with E-state index in [1.807, 2.05) is 0 Å². The topological polar surface area (TPSA) is 12.0 Å². The number of rotatable bonds is 2. The molecule has 0 spiro atoms. The Kier molecular flexibility index (Phi) is 2.95. The van der Waals surface area contributed by atoms with E-state index in [4.69, 9.17) is 0 Å². The summed E-state index contributed by atoms with van der Waals surface area (Å²) in [7, 11) is 0. The highest BCUT2D eigenvalue weighted by molar-refractivity contribution is 5.27. The van der Waals surface area contributed by atoms with Crippen molar-refractivity contribution in [2.75, 3.05) is 6.54 Å². The van der Waals surface area contributed by atoms with Crippen molar-refractivity contribution in [2.24, 2.45) is 0 Å². The van der Waals surface area contributed by atoms with Gasteiger partial charge in [-0.05, 0) is 31.0 Å². The summed E-state index contributed by atoms with van der Waals surface area (Å²) in [6.45, 7) is 0.906. The maximum Gasteiger partial charge on any atom is 0.266 e. The molecule has 1 aliphatic rings. The zero-order valence-corrected chi connectivity index (χ0v) is 8.14. The zero-order chi connectivity index (χ0) is 10.8. The lowest BCUT2D eigenvalue weighted by molar-refractivity contribution is 0.146. The molecule has 1 atom stereocenters. The molecule has 0 amide bonds. The maximum absolute atomic E-state index is 13.2. The van der Waals surface area contributed by atoms with Gasteiger partial charge in [-0.1, -0.05) is 12.1 Å². The van der Waals surface area contributed by atoms with Crippen LogP contribution in [0.1, 0.15) is 36.4 Å². The molecule has 1 N–H and O–H groups in total. The van der Waals surface area contributed by atoms with Crippen LogP contribution in [0.4, 0.5) is 13.2 Å². The van der Waals surface area contributed by atoms with Crippen LogP contribution in [-0.4, -0.2) is 6.54 Å². The first-order valence-corrected chi connectivity index (χ1v) is 4.99. The van der Waals surface area contributed by atoms with Gasteiger partial charge in [0.15, 0.2) is 0 Å². The van der Waals surface area contributed by atoms with Gasteiger partial charge in [0, 0.05) is 6.04 Å². The molecule has 1 nitrogen and oxygen atoms in total. The third-order valence-corrected chi connectivity index (χ3v) is 2.72. The van der Waals surface area contributed by atoms with Crippen molar-refractivity contribution in [2.45, 2.75) is 25.3 Å². The quantitative estimate of drug-likeness (QED) is 0.798. The fourth-order valence-corrected chi connectivity index (χ4v) is 1.91. The third kappa shape index (κ3) is 2.15. The van der Waals surface area contributed by atoms with E-state index in [2.05, 4.69) is 5.32 Å². The molecule has 15 heavy (non-hydrogen) atoms. The van der Waals surface area contributed by atoms with Gasteiger partial charge in [0.2, 0.25) is 0 Å². The van der Waals surface area contributed by atoms with E-state index >= 15 is 0 Å². The molecule has 0 unspecified atom stereocenters. The number of nitrogens with one attached hydrogen (secondary N) is 1. The monoisotopic (exact) mass is 215 g/mol. The lowest BCUT2D eigenvalue weighted by Gasteiger charge is -2.11. The highest BCUT2D eigenvalue weighted by Gasteiger charge is 2.19. The van der Waals surface area contributed by atoms with Crippen molar-refractivity contribution < 1.29 is 13.2 Å². The minimum Gasteiger partial charge on any atom is -0.310 e. The Labute approximate surface area is 86.3 Å². The van der Waals surface area contributed by atoms with E-state index in [9.17, 15) is 13.2 Å². The predicted molar refractivity (Wildman–Crippen MR) is 51.3 cm³/mol. The fourth-order valence-electron chi connectivity index (χ4n) is 1.91. The van der Waals surface area contributed by atoms with Crippen molar-refractivity contribution >= 4 is 0 Å². The molecular formula is C11H12F3N. The van der Waals surface area contributed by atoms with Gasteiger partial charge < -0.3 is 5.32 Å². The van der Waals surface area contributed by atoms with Crippen LogP contribution in [0.25, 0.3) is 0 Å². The van der Waals surface area contributed by atoms with Crippen LogP contribution in [0.3, 0.4) is 0 Å². The molecule has 1 fully saturated rings. The number of halogens is 3. The standard InChI is InChI=1S/C11H12F3N/c12-9-6-7(10-2-1-5-15-10)3-4-8(9)11(13)14/h3-4,6,10-11,15H,1-2,5H2/t10-/m1/s1. The van der Waals surface area contributed by atoms with E-state index < -0.39 is 17.8 Å². The molecule has 82 valence electrons. The number of alkyl halides is 2. The van der Waals surface area contributed by atoms with Gasteiger partial charge in [0.25, 0.3) is 6.43 Å². The van der Waals surface area contributed by atoms with Gasteiger partial charge in [-0.2, -0.15) is 0 Å². The molecule has 0 aromatic heterocycles. The smallest absolute Gasteiger partial charge is 0.266 e. The van der Waals surface area contributed by atoms with Crippen molar-refractivity contribution in [3.63, 3.8) is 0 Å². The van der Waals surface area contributed by atoms with Gasteiger partial charge in [-0.3, -0.25) is 0 Å². The largest absolute Gasteiger partial charge is 0.310 e. The molecule has 0 radical (unpaired) electrons. The average molecular weight is 215 g/mol. The molecule has 1 aliphatic heterocycles. The van der Waals surface area contributed by atoms with E-state index in [0.29, 0.717) is 0 Å². The summed E-state index contributed by atoms with van der Waals surface area (Å²) in [6, 6.07) is 4.08. The third-order valence-electron chi connectivity index (χ3n) is 2.72. The Morgan fingerprint density at radius 3 is 2.67 bits per heavy atom. The van der Waals surface area contributed by atoms with Crippen molar-refractivity contribution in [3.8, 4) is 0 Å². The van der Waals surface area contributed by atoms with Crippen LogP contribution in [0.5, 0.6) is 0 Å². The Morgan fingerprint density at radius 2 is 2.13 bits per heavy atom. The van der Waals surface area contributed by atoms with Crippen LogP contribution in [0, 0.1) is 5.82 Å². The van der Waals surface area contributed by atoms with E-state index in [1.165, 1.54) is 12.1 Å². The Bertz CT molecular complexity index is 346. The summed E-state index contributed by atoms with van der Waals surface area (Å²) >= 11 is 0. The second kappa shape index (κ2) is 4.23. The highest BCUT2D eigenvalue weighted by atomic mass is 19.3. The lowest BCUT2D eigenvalue weighted by Crippen LogP contribution is -2.13. The summed E-state index contributed by atoms with van der Waals surface area (Å²) in [4.78, 5) is 0. The number of hydrogen-bond acceptors (Lipinski definition) is 1. The summed E-state index contributed by atoms with van der Waals surface area (Å²) in [6.07, 6.45) is -0.758. The zero-order valence-electron chi connectivity index (χ0n) is 8.14. The number of hydrogen-bond donors (Lipinski definition) is 1. The molecule has 0 bridgehead atoms. The SMILES string of the molecule is Fc1cc([C@H]2CCCN2)ccc1C(F)F. The minimum absolute atomic E-state index is 0.117. The van der Waals surface area contributed by atoms with Gasteiger partial charge in [-0.15, -0.1) is 0 Å². The summed E-state index contributed by atoms with van der Waals surface area (Å²) in [5, 5.41) is 3.19. The molecule has 1 aromatic rings. The highest BCUT2D eigenvalue weighted by Crippen LogP contribution is 2.28. The molecule has 0 aliphatic carbocycles. The first-order valence-electron chi connectivity index (χ1n) is 4.99. The fraction of sp³-hybridized carbons (Fsp3) is 0.455. The molecule has 1 heterocycles. The van der Waals surface area contributed by atoms with Crippen molar-refractivity contribution in [1.29, 1.82) is 0 Å². The molecule has 2 rings (SSSR count). The van der Waals surface area contributed by atoms with Crippen LogP contribution >= 0.6 is 0 Å². The predicted octanol–water partition coefficient (Wildman–Crippen LogP) is 3.19. The molecule has 4 heteroatoms. The van der Waals surface area contributed by atoms with E-state index in [1.54, 1.807) is 6.07 Å². The van der Waals surface area contributed by atoms with E-state index in [-0.39, 0.29) is 6.04 Å². The Balaban J connectivity index is 2.24. The van der Waals surface area contributed by atoms with Gasteiger partial charge in [-0.25, -0.2) is 13.2 Å². The maximum atomic E-state index is 13.2. The first-order chi connectivity index (χ1) is 7.18. The first kappa shape index (κ1) is 10.5. The summed E-state index contributed by atoms with van der Waals surface area (Å²) in [5.41, 5.74) is 0.242. The Morgan fingerprint density at radius 1 is 1.33 bits per heavy atom. The van der Waals surface area contributed by atoms with E-state index in [0.717, 1.165) is 24.9 Å². The second-order valence-corrected chi connectivity index (χ2v) is 3.73. The molecule has 1 aromatic carbocycles. The van der Waals surface area contributed by atoms with Crippen molar-refractivity contribution in [1.82, 2.24) is 5.32 Å². The second-order valence-electron chi connectivity index (χ2n) is 3.73. The Hall–Kier alpha value is -1.03.